The van der Waals surface area contributed by atoms with Crippen LogP contribution in [0.1, 0.15) is 24.1 Å². The zero-order valence-corrected chi connectivity index (χ0v) is 10.8. The third-order valence-corrected chi connectivity index (χ3v) is 3.40. The van der Waals surface area contributed by atoms with E-state index < -0.39 is 29.8 Å². The SMILES string of the molecule is C[C@@H](c1ccncn1)[C@](O)(CO)c1ccc(F)cc1F. The Morgan fingerprint density at radius 2 is 2.05 bits per heavy atom. The number of nitrogens with zero attached hydrogens (tertiary/aromatic N) is 2. The smallest absolute Gasteiger partial charge is 0.132 e. The molecule has 0 unspecified atom stereocenters. The van der Waals surface area contributed by atoms with Crippen LogP contribution < -0.4 is 0 Å². The molecule has 2 atom stereocenters. The molecule has 2 rings (SSSR count). The summed E-state index contributed by atoms with van der Waals surface area (Å²) in [6.45, 7) is 0.877. The number of halogens is 2. The molecule has 0 aliphatic rings. The van der Waals surface area contributed by atoms with Crippen molar-refractivity contribution in [3.05, 3.63) is 59.7 Å². The van der Waals surface area contributed by atoms with Gasteiger partial charge in [-0.1, -0.05) is 13.0 Å². The predicted octanol–water partition coefficient (Wildman–Crippen LogP) is 1.74. The lowest BCUT2D eigenvalue weighted by molar-refractivity contribution is -0.0418. The van der Waals surface area contributed by atoms with E-state index in [0.717, 1.165) is 12.1 Å². The Hall–Kier alpha value is -1.92. The summed E-state index contributed by atoms with van der Waals surface area (Å²) in [5.74, 6) is -2.36. The minimum absolute atomic E-state index is 0.174. The first-order chi connectivity index (χ1) is 9.49. The average Bonchev–Trinajstić information content (AvgIpc) is 2.46. The van der Waals surface area contributed by atoms with Gasteiger partial charge in [0, 0.05) is 29.4 Å². The number of aliphatic hydroxyl groups excluding tert-OH is 1. The molecule has 1 heterocycles. The highest BCUT2D eigenvalue weighted by atomic mass is 19.1. The fourth-order valence-electron chi connectivity index (χ4n) is 2.10. The van der Waals surface area contributed by atoms with Crippen molar-refractivity contribution in [1.29, 1.82) is 0 Å². The van der Waals surface area contributed by atoms with Gasteiger partial charge in [-0.3, -0.25) is 0 Å². The highest BCUT2D eigenvalue weighted by molar-refractivity contribution is 5.29. The second-order valence-corrected chi connectivity index (χ2v) is 4.56. The van der Waals surface area contributed by atoms with Crippen LogP contribution in [0, 0.1) is 11.6 Å². The van der Waals surface area contributed by atoms with E-state index in [-0.39, 0.29) is 5.56 Å². The van der Waals surface area contributed by atoms with Crippen LogP contribution >= 0.6 is 0 Å². The van der Waals surface area contributed by atoms with Crippen LogP contribution in [0.3, 0.4) is 0 Å². The van der Waals surface area contributed by atoms with Gasteiger partial charge in [-0.25, -0.2) is 18.7 Å². The highest BCUT2D eigenvalue weighted by Crippen LogP contribution is 2.36. The minimum atomic E-state index is -1.90. The first-order valence-electron chi connectivity index (χ1n) is 6.03. The molecule has 4 nitrogen and oxygen atoms in total. The lowest BCUT2D eigenvalue weighted by Crippen LogP contribution is -2.37. The van der Waals surface area contributed by atoms with E-state index in [2.05, 4.69) is 9.97 Å². The van der Waals surface area contributed by atoms with Gasteiger partial charge in [-0.2, -0.15) is 0 Å². The normalized spacial score (nSPS) is 15.7. The van der Waals surface area contributed by atoms with E-state index in [4.69, 9.17) is 0 Å². The summed E-state index contributed by atoms with van der Waals surface area (Å²) in [6.07, 6.45) is 2.78. The monoisotopic (exact) mass is 280 g/mol. The molecular weight excluding hydrogens is 266 g/mol. The predicted molar refractivity (Wildman–Crippen MR) is 67.8 cm³/mol. The Balaban J connectivity index is 2.48. The van der Waals surface area contributed by atoms with Crippen molar-refractivity contribution in [2.24, 2.45) is 0 Å². The molecule has 106 valence electrons. The van der Waals surface area contributed by atoms with Gasteiger partial charge in [-0.15, -0.1) is 0 Å². The molecule has 0 amide bonds. The van der Waals surface area contributed by atoms with E-state index in [0.29, 0.717) is 11.8 Å². The van der Waals surface area contributed by atoms with Crippen LogP contribution in [-0.2, 0) is 5.60 Å². The van der Waals surface area contributed by atoms with Crippen LogP contribution in [-0.4, -0.2) is 26.8 Å². The largest absolute Gasteiger partial charge is 0.393 e. The second-order valence-electron chi connectivity index (χ2n) is 4.56. The summed E-state index contributed by atoms with van der Waals surface area (Å²) in [6, 6.07) is 4.39. The number of hydrogen-bond acceptors (Lipinski definition) is 4. The molecular formula is C14H14F2N2O2. The van der Waals surface area contributed by atoms with Crippen molar-refractivity contribution in [1.82, 2.24) is 9.97 Å². The first-order valence-corrected chi connectivity index (χ1v) is 6.03. The van der Waals surface area contributed by atoms with Crippen molar-refractivity contribution in [3.8, 4) is 0 Å². The molecule has 0 aliphatic heterocycles. The lowest BCUT2D eigenvalue weighted by atomic mass is 9.80. The van der Waals surface area contributed by atoms with Crippen molar-refractivity contribution < 1.29 is 19.0 Å². The van der Waals surface area contributed by atoms with Gasteiger partial charge in [-0.05, 0) is 12.1 Å². The van der Waals surface area contributed by atoms with E-state index in [1.165, 1.54) is 12.5 Å². The molecule has 0 saturated carbocycles. The topological polar surface area (TPSA) is 66.2 Å². The van der Waals surface area contributed by atoms with E-state index in [1.54, 1.807) is 13.0 Å². The molecule has 0 radical (unpaired) electrons. The number of aromatic nitrogens is 2. The molecule has 0 aliphatic carbocycles. The van der Waals surface area contributed by atoms with Gasteiger partial charge in [0.05, 0.1) is 6.61 Å². The number of rotatable bonds is 4. The van der Waals surface area contributed by atoms with Crippen molar-refractivity contribution >= 4 is 0 Å². The van der Waals surface area contributed by atoms with Crippen molar-refractivity contribution in [3.63, 3.8) is 0 Å². The molecule has 1 aromatic heterocycles. The van der Waals surface area contributed by atoms with E-state index in [1.807, 2.05) is 0 Å². The molecule has 20 heavy (non-hydrogen) atoms. The van der Waals surface area contributed by atoms with Gasteiger partial charge in [0.25, 0.3) is 0 Å². The number of benzene rings is 1. The van der Waals surface area contributed by atoms with E-state index >= 15 is 0 Å². The summed E-state index contributed by atoms with van der Waals surface area (Å²) in [4.78, 5) is 7.75. The Morgan fingerprint density at radius 3 is 2.60 bits per heavy atom. The zero-order chi connectivity index (χ0) is 14.8. The van der Waals surface area contributed by atoms with Crippen molar-refractivity contribution in [2.75, 3.05) is 6.61 Å². The molecule has 0 bridgehead atoms. The number of aliphatic hydroxyl groups is 2. The molecule has 6 heteroatoms. The van der Waals surface area contributed by atoms with Crippen molar-refractivity contribution in [2.45, 2.75) is 18.4 Å². The third-order valence-electron chi connectivity index (χ3n) is 3.40. The first kappa shape index (κ1) is 14.5. The molecule has 1 aromatic carbocycles. The molecule has 2 N–H and O–H groups in total. The Kier molecular flexibility index (Phi) is 4.06. The summed E-state index contributed by atoms with van der Waals surface area (Å²) in [7, 11) is 0. The summed E-state index contributed by atoms with van der Waals surface area (Å²) in [5.41, 5.74) is -1.63. The second kappa shape index (κ2) is 5.60. The fourth-order valence-corrected chi connectivity index (χ4v) is 2.10. The minimum Gasteiger partial charge on any atom is -0.393 e. The maximum Gasteiger partial charge on any atom is 0.132 e. The van der Waals surface area contributed by atoms with Gasteiger partial charge < -0.3 is 10.2 Å². The molecule has 0 fully saturated rings. The van der Waals surface area contributed by atoms with Crippen LogP contribution in [0.25, 0.3) is 0 Å². The van der Waals surface area contributed by atoms with Crippen LogP contribution in [0.4, 0.5) is 8.78 Å². The van der Waals surface area contributed by atoms with Gasteiger partial charge >= 0.3 is 0 Å². The zero-order valence-electron chi connectivity index (χ0n) is 10.8. The van der Waals surface area contributed by atoms with Crippen LogP contribution in [0.15, 0.2) is 36.8 Å². The summed E-state index contributed by atoms with van der Waals surface area (Å²) >= 11 is 0. The fraction of sp³-hybridized carbons (Fsp3) is 0.286. The van der Waals surface area contributed by atoms with Gasteiger partial charge in [0.2, 0.25) is 0 Å². The maximum atomic E-state index is 13.9. The summed E-state index contributed by atoms with van der Waals surface area (Å²) in [5, 5.41) is 20.1. The van der Waals surface area contributed by atoms with Gasteiger partial charge in [0.15, 0.2) is 0 Å². The van der Waals surface area contributed by atoms with Crippen LogP contribution in [0.5, 0.6) is 0 Å². The molecule has 2 aromatic rings. The number of hydrogen-bond donors (Lipinski definition) is 2. The molecule has 0 spiro atoms. The standard InChI is InChI=1S/C14H14F2N2O2/c1-9(13-4-5-17-8-18-13)14(20,7-19)11-3-2-10(15)6-12(11)16/h2-6,8-9,19-20H,7H2,1H3/t9-,14+/m0/s1. The van der Waals surface area contributed by atoms with Gasteiger partial charge in [0.1, 0.15) is 23.6 Å². The lowest BCUT2D eigenvalue weighted by Gasteiger charge is -2.32. The Morgan fingerprint density at radius 1 is 1.30 bits per heavy atom. The quantitative estimate of drug-likeness (QED) is 0.895. The Bertz CT molecular complexity index is 595. The summed E-state index contributed by atoms with van der Waals surface area (Å²) < 4.78 is 26.8. The Labute approximate surface area is 114 Å². The van der Waals surface area contributed by atoms with Crippen LogP contribution in [0.2, 0.25) is 0 Å². The molecule has 0 saturated heterocycles. The third kappa shape index (κ3) is 2.52. The maximum absolute atomic E-state index is 13.9. The average molecular weight is 280 g/mol. The van der Waals surface area contributed by atoms with E-state index in [9.17, 15) is 19.0 Å². The highest BCUT2D eigenvalue weighted by Gasteiger charge is 2.39.